The van der Waals surface area contributed by atoms with E-state index < -0.39 is 0 Å². The van der Waals surface area contributed by atoms with Crippen LogP contribution in [0.4, 0.5) is 5.13 Å². The Morgan fingerprint density at radius 2 is 1.72 bits per heavy atom. The fraction of sp³-hybridized carbons (Fsp3) is 0.360. The Morgan fingerprint density at radius 3 is 2.31 bits per heavy atom. The molecule has 0 radical (unpaired) electrons. The van der Waals surface area contributed by atoms with Crippen molar-refractivity contribution >= 4 is 22.4 Å². The van der Waals surface area contributed by atoms with Crippen molar-refractivity contribution in [2.24, 2.45) is 5.73 Å². The lowest BCUT2D eigenvalue weighted by Gasteiger charge is -2.34. The number of piperazine rings is 1. The predicted octanol–water partition coefficient (Wildman–Crippen LogP) is 3.90. The van der Waals surface area contributed by atoms with Crippen LogP contribution in [0.15, 0.2) is 53.9 Å². The molecule has 0 atom stereocenters. The second-order valence-electron chi connectivity index (χ2n) is 8.69. The molecular formula is C25H30N4O2S. The molecular weight excluding hydrogens is 420 g/mol. The number of nitrogens with two attached hydrogens (primary N) is 1. The van der Waals surface area contributed by atoms with Crippen LogP contribution >= 0.6 is 11.3 Å². The summed E-state index contributed by atoms with van der Waals surface area (Å²) >= 11 is 1.72. The van der Waals surface area contributed by atoms with Crippen LogP contribution in [-0.2, 0) is 12.0 Å². The number of ether oxygens (including phenoxy) is 1. The first-order chi connectivity index (χ1) is 15.4. The maximum atomic E-state index is 11.2. The number of rotatable bonds is 7. The molecule has 1 fully saturated rings. The fourth-order valence-electron chi connectivity index (χ4n) is 3.98. The first-order valence-corrected chi connectivity index (χ1v) is 11.7. The van der Waals surface area contributed by atoms with Crippen LogP contribution in [0.1, 0.15) is 41.0 Å². The van der Waals surface area contributed by atoms with E-state index in [9.17, 15) is 4.79 Å². The number of primary amides is 1. The van der Waals surface area contributed by atoms with Crippen molar-refractivity contribution in [1.82, 2.24) is 9.88 Å². The van der Waals surface area contributed by atoms with E-state index in [1.807, 2.05) is 24.3 Å². The summed E-state index contributed by atoms with van der Waals surface area (Å²) in [6.07, 6.45) is 0. The summed E-state index contributed by atoms with van der Waals surface area (Å²) in [4.78, 5) is 21.1. The van der Waals surface area contributed by atoms with Gasteiger partial charge in [-0.3, -0.25) is 9.69 Å². The topological polar surface area (TPSA) is 71.7 Å². The number of aromatic nitrogens is 1. The highest BCUT2D eigenvalue weighted by atomic mass is 32.1. The SMILES string of the molecule is COc1ccc(C(C)(C)c2csc(N3CCN(Cc4ccc(C(N)=O)cc4)CC3)n2)cc1. The second kappa shape index (κ2) is 9.30. The lowest BCUT2D eigenvalue weighted by molar-refractivity contribution is 0.1000. The largest absolute Gasteiger partial charge is 0.497 e. The summed E-state index contributed by atoms with van der Waals surface area (Å²) < 4.78 is 5.29. The number of nitrogens with zero attached hydrogens (tertiary/aromatic N) is 3. The van der Waals surface area contributed by atoms with Crippen molar-refractivity contribution in [2.75, 3.05) is 38.2 Å². The highest BCUT2D eigenvalue weighted by Gasteiger charge is 2.28. The lowest BCUT2D eigenvalue weighted by atomic mass is 9.82. The number of hydrogen-bond donors (Lipinski definition) is 1. The Kier molecular flexibility index (Phi) is 6.48. The molecule has 0 aliphatic carbocycles. The van der Waals surface area contributed by atoms with Gasteiger partial charge < -0.3 is 15.4 Å². The smallest absolute Gasteiger partial charge is 0.248 e. The maximum Gasteiger partial charge on any atom is 0.248 e. The van der Waals surface area contributed by atoms with Gasteiger partial charge in [0.2, 0.25) is 5.91 Å². The van der Waals surface area contributed by atoms with Crippen molar-refractivity contribution in [1.29, 1.82) is 0 Å². The van der Waals surface area contributed by atoms with E-state index in [1.165, 1.54) is 11.1 Å². The number of hydrogen-bond acceptors (Lipinski definition) is 6. The summed E-state index contributed by atoms with van der Waals surface area (Å²) in [6.45, 7) is 9.18. The van der Waals surface area contributed by atoms with E-state index in [-0.39, 0.29) is 11.3 Å². The number of thiazole rings is 1. The minimum absolute atomic E-state index is 0.167. The van der Waals surface area contributed by atoms with Gasteiger partial charge in [0.15, 0.2) is 5.13 Å². The third kappa shape index (κ3) is 4.79. The van der Waals surface area contributed by atoms with Gasteiger partial charge in [-0.05, 0) is 35.4 Å². The summed E-state index contributed by atoms with van der Waals surface area (Å²) in [7, 11) is 1.69. The van der Waals surface area contributed by atoms with Crippen LogP contribution < -0.4 is 15.4 Å². The van der Waals surface area contributed by atoms with Gasteiger partial charge in [-0.1, -0.05) is 38.1 Å². The maximum absolute atomic E-state index is 11.2. The van der Waals surface area contributed by atoms with E-state index >= 15 is 0 Å². The number of methoxy groups -OCH3 is 1. The molecule has 1 saturated heterocycles. The number of amides is 1. The van der Waals surface area contributed by atoms with Crippen molar-refractivity contribution in [2.45, 2.75) is 25.8 Å². The average molecular weight is 451 g/mol. The average Bonchev–Trinajstić information content (AvgIpc) is 3.31. The summed E-state index contributed by atoms with van der Waals surface area (Å²) in [6, 6.07) is 15.8. The monoisotopic (exact) mass is 450 g/mol. The number of carbonyl (C=O) groups is 1. The molecule has 2 N–H and O–H groups in total. The van der Waals surface area contributed by atoms with Crippen molar-refractivity contribution in [3.63, 3.8) is 0 Å². The Hall–Kier alpha value is -2.90. The third-order valence-corrected chi connectivity index (χ3v) is 7.13. The van der Waals surface area contributed by atoms with Gasteiger partial charge in [0.25, 0.3) is 0 Å². The lowest BCUT2D eigenvalue weighted by Crippen LogP contribution is -2.46. The van der Waals surface area contributed by atoms with Gasteiger partial charge in [0.1, 0.15) is 5.75 Å². The van der Waals surface area contributed by atoms with E-state index in [1.54, 1.807) is 30.6 Å². The highest BCUT2D eigenvalue weighted by molar-refractivity contribution is 7.13. The molecule has 4 rings (SSSR count). The molecule has 1 aromatic heterocycles. The summed E-state index contributed by atoms with van der Waals surface area (Å²) in [5.74, 6) is 0.480. The van der Waals surface area contributed by atoms with Crippen molar-refractivity contribution in [3.05, 3.63) is 76.3 Å². The Morgan fingerprint density at radius 1 is 1.06 bits per heavy atom. The molecule has 168 valence electrons. The molecule has 1 amide bonds. The van der Waals surface area contributed by atoms with Crippen molar-refractivity contribution in [3.8, 4) is 5.75 Å². The molecule has 0 unspecified atom stereocenters. The molecule has 0 bridgehead atoms. The van der Waals surface area contributed by atoms with Crippen LogP contribution in [0.5, 0.6) is 5.75 Å². The molecule has 0 spiro atoms. The third-order valence-electron chi connectivity index (χ3n) is 6.23. The minimum Gasteiger partial charge on any atom is -0.497 e. The zero-order valence-corrected chi connectivity index (χ0v) is 19.7. The number of carbonyl (C=O) groups excluding carboxylic acids is 1. The second-order valence-corrected chi connectivity index (χ2v) is 9.53. The van der Waals surface area contributed by atoms with Gasteiger partial charge in [-0.15, -0.1) is 11.3 Å². The first-order valence-electron chi connectivity index (χ1n) is 10.8. The van der Waals surface area contributed by atoms with Crippen LogP contribution in [0, 0.1) is 0 Å². The molecule has 6 nitrogen and oxygen atoms in total. The summed E-state index contributed by atoms with van der Waals surface area (Å²) in [5.41, 5.74) is 9.23. The Balaban J connectivity index is 1.36. The molecule has 2 heterocycles. The molecule has 0 saturated carbocycles. The van der Waals surface area contributed by atoms with Crippen LogP contribution in [0.25, 0.3) is 0 Å². The van der Waals surface area contributed by atoms with Crippen LogP contribution in [-0.4, -0.2) is 49.1 Å². The standard InChI is InChI=1S/C25H30N4O2S/c1-25(2,20-8-10-21(31-3)11-9-20)22-17-32-24(27-22)29-14-12-28(13-15-29)16-18-4-6-19(7-5-18)23(26)30/h4-11,17H,12-16H2,1-3H3,(H2,26,30). The normalized spacial score (nSPS) is 15.0. The van der Waals surface area contributed by atoms with Gasteiger partial charge >= 0.3 is 0 Å². The molecule has 1 aliphatic rings. The zero-order valence-electron chi connectivity index (χ0n) is 18.9. The van der Waals surface area contributed by atoms with E-state index in [0.29, 0.717) is 5.56 Å². The predicted molar refractivity (Wildman–Crippen MR) is 130 cm³/mol. The molecule has 1 aliphatic heterocycles. The quantitative estimate of drug-likeness (QED) is 0.591. The van der Waals surface area contributed by atoms with Crippen LogP contribution in [0.3, 0.4) is 0 Å². The Labute approximate surface area is 193 Å². The molecule has 3 aromatic rings. The van der Waals surface area contributed by atoms with Gasteiger partial charge in [-0.2, -0.15) is 0 Å². The van der Waals surface area contributed by atoms with Gasteiger partial charge in [0.05, 0.1) is 12.8 Å². The zero-order chi connectivity index (χ0) is 22.7. The molecule has 7 heteroatoms. The summed E-state index contributed by atoms with van der Waals surface area (Å²) in [5, 5.41) is 3.28. The van der Waals surface area contributed by atoms with E-state index in [4.69, 9.17) is 15.5 Å². The van der Waals surface area contributed by atoms with Crippen LogP contribution in [0.2, 0.25) is 0 Å². The van der Waals surface area contributed by atoms with Crippen molar-refractivity contribution < 1.29 is 9.53 Å². The van der Waals surface area contributed by atoms with Gasteiger partial charge in [0, 0.05) is 49.1 Å². The van der Waals surface area contributed by atoms with E-state index in [2.05, 4.69) is 41.2 Å². The fourth-order valence-corrected chi connectivity index (χ4v) is 5.03. The van der Waals surface area contributed by atoms with E-state index in [0.717, 1.165) is 49.3 Å². The minimum atomic E-state index is -0.386. The molecule has 32 heavy (non-hydrogen) atoms. The Bertz CT molecular complexity index is 1050. The highest BCUT2D eigenvalue weighted by Crippen LogP contribution is 2.35. The molecule has 2 aromatic carbocycles. The number of benzene rings is 2. The van der Waals surface area contributed by atoms with Gasteiger partial charge in [-0.25, -0.2) is 4.98 Å². The first kappa shape index (κ1) is 22.3. The number of anilines is 1.